The first-order valence-corrected chi connectivity index (χ1v) is 11.1. The Morgan fingerprint density at radius 2 is 1.97 bits per heavy atom. The zero-order valence-corrected chi connectivity index (χ0v) is 17.9. The van der Waals surface area contributed by atoms with Gasteiger partial charge in [0.05, 0.1) is 16.1 Å². The molecule has 0 saturated carbocycles. The van der Waals surface area contributed by atoms with Crippen LogP contribution in [0.4, 0.5) is 11.6 Å². The lowest BCUT2D eigenvalue weighted by molar-refractivity contribution is 0.186. The fourth-order valence-corrected chi connectivity index (χ4v) is 5.44. The normalized spacial score (nSPS) is 19.8. The lowest BCUT2D eigenvalue weighted by Crippen LogP contribution is -2.44. The van der Waals surface area contributed by atoms with Crippen LogP contribution in [0.5, 0.6) is 0 Å². The topological polar surface area (TPSA) is 107 Å². The Bertz CT molecular complexity index is 1080. The van der Waals surface area contributed by atoms with Crippen LogP contribution < -0.4 is 16.4 Å². The molecule has 2 aliphatic rings. The maximum atomic E-state index is 6.64. The van der Waals surface area contributed by atoms with E-state index in [0.29, 0.717) is 15.9 Å². The first-order chi connectivity index (χ1) is 14.6. The quantitative estimate of drug-likeness (QED) is 0.638. The average Bonchev–Trinajstić information content (AvgIpc) is 3.03. The van der Waals surface area contributed by atoms with Gasteiger partial charge in [-0.2, -0.15) is 0 Å². The highest BCUT2D eigenvalue weighted by Crippen LogP contribution is 2.50. The van der Waals surface area contributed by atoms with Crippen molar-refractivity contribution in [1.82, 2.24) is 19.9 Å². The number of aromatic nitrogens is 4. The molecule has 0 aromatic carbocycles. The molecule has 5 rings (SSSR count). The van der Waals surface area contributed by atoms with Gasteiger partial charge >= 0.3 is 0 Å². The molecule has 0 bridgehead atoms. The lowest BCUT2D eigenvalue weighted by Gasteiger charge is -2.42. The molecule has 3 aromatic rings. The monoisotopic (exact) mass is 439 g/mol. The summed E-state index contributed by atoms with van der Waals surface area (Å²) in [7, 11) is 0. The Morgan fingerprint density at radius 3 is 2.70 bits per heavy atom. The third-order valence-electron chi connectivity index (χ3n) is 6.22. The molecule has 30 heavy (non-hydrogen) atoms. The van der Waals surface area contributed by atoms with E-state index in [2.05, 4.69) is 30.9 Å². The summed E-state index contributed by atoms with van der Waals surface area (Å²) in [5, 5.41) is 1.24. The zero-order chi connectivity index (χ0) is 20.7. The Kier molecular flexibility index (Phi) is 5.00. The van der Waals surface area contributed by atoms with Crippen molar-refractivity contribution >= 4 is 35.0 Å². The van der Waals surface area contributed by atoms with Gasteiger partial charge in [-0.05, 0) is 42.4 Å². The van der Waals surface area contributed by atoms with Gasteiger partial charge in [0.15, 0.2) is 5.82 Å². The van der Waals surface area contributed by atoms with Crippen molar-refractivity contribution < 1.29 is 0 Å². The van der Waals surface area contributed by atoms with Crippen molar-refractivity contribution in [3.05, 3.63) is 59.3 Å². The minimum absolute atomic E-state index is 0.0440. The van der Waals surface area contributed by atoms with Gasteiger partial charge in [-0.25, -0.2) is 9.97 Å². The number of anilines is 2. The van der Waals surface area contributed by atoms with Gasteiger partial charge in [0.1, 0.15) is 10.8 Å². The number of nitrogens with zero attached hydrogens (tertiary/aromatic N) is 5. The predicted octanol–water partition coefficient (Wildman–Crippen LogP) is 3.50. The minimum Gasteiger partial charge on any atom is -0.381 e. The first-order valence-electron chi connectivity index (χ1n) is 9.90. The molecular weight excluding hydrogens is 418 g/mol. The number of hydrogen-bond acceptors (Lipinski definition) is 8. The highest BCUT2D eigenvalue weighted by Gasteiger charge is 2.46. The van der Waals surface area contributed by atoms with Crippen LogP contribution in [0.25, 0.3) is 0 Å². The number of piperidine rings is 1. The summed E-state index contributed by atoms with van der Waals surface area (Å²) in [5.74, 6) is 1.19. The molecule has 154 valence electrons. The zero-order valence-electron chi connectivity index (χ0n) is 16.3. The van der Waals surface area contributed by atoms with E-state index in [1.54, 1.807) is 24.7 Å². The van der Waals surface area contributed by atoms with Crippen LogP contribution in [-0.2, 0) is 6.42 Å². The van der Waals surface area contributed by atoms with Gasteiger partial charge in [0, 0.05) is 43.4 Å². The van der Waals surface area contributed by atoms with Crippen LogP contribution in [0, 0.1) is 5.41 Å². The fourth-order valence-electron chi connectivity index (χ4n) is 4.48. The number of rotatable bonds is 3. The van der Waals surface area contributed by atoms with Crippen LogP contribution in [0.1, 0.15) is 30.1 Å². The second-order valence-corrected chi connectivity index (χ2v) is 9.31. The highest BCUT2D eigenvalue weighted by atomic mass is 35.5. The van der Waals surface area contributed by atoms with Crippen molar-refractivity contribution in [3.63, 3.8) is 0 Å². The summed E-state index contributed by atoms with van der Waals surface area (Å²) < 4.78 is 0. The Labute approximate surface area is 184 Å². The third-order valence-corrected chi connectivity index (χ3v) is 7.71. The molecule has 7 nitrogen and oxygen atoms in total. The lowest BCUT2D eigenvalue weighted by atomic mass is 9.73. The number of pyridine rings is 2. The fraction of sp³-hybridized carbons (Fsp3) is 0.333. The van der Waals surface area contributed by atoms with Gasteiger partial charge in [-0.3, -0.25) is 9.97 Å². The van der Waals surface area contributed by atoms with Crippen molar-refractivity contribution in [2.75, 3.05) is 23.7 Å². The summed E-state index contributed by atoms with van der Waals surface area (Å²) in [5.41, 5.74) is 15.3. The maximum absolute atomic E-state index is 6.64. The summed E-state index contributed by atoms with van der Waals surface area (Å²) in [6.07, 6.45) is 9.93. The molecule has 3 aromatic heterocycles. The van der Waals surface area contributed by atoms with Crippen molar-refractivity contribution in [2.24, 2.45) is 11.1 Å². The Balaban J connectivity index is 1.29. The number of fused-ring (bicyclic) bond motifs is 1. The SMILES string of the molecule is Nc1nc(N2CCC3(CC2)Cc2ncccc2[C@H]3N)cnc1Sc1cnccc1Cl. The molecule has 0 radical (unpaired) electrons. The largest absolute Gasteiger partial charge is 0.381 e. The molecular formula is C21H22ClN7S. The van der Waals surface area contributed by atoms with Crippen LogP contribution in [0.2, 0.25) is 5.02 Å². The number of halogens is 1. The Hall–Kier alpha value is -2.42. The van der Waals surface area contributed by atoms with E-state index in [1.165, 1.54) is 17.3 Å². The summed E-state index contributed by atoms with van der Waals surface area (Å²) in [6, 6.07) is 5.88. The van der Waals surface area contributed by atoms with E-state index < -0.39 is 0 Å². The van der Waals surface area contributed by atoms with Crippen LogP contribution in [0.3, 0.4) is 0 Å². The molecule has 4 heterocycles. The highest BCUT2D eigenvalue weighted by molar-refractivity contribution is 7.99. The van der Waals surface area contributed by atoms with E-state index in [4.69, 9.17) is 23.1 Å². The van der Waals surface area contributed by atoms with Gasteiger partial charge in [0.25, 0.3) is 0 Å². The van der Waals surface area contributed by atoms with Crippen molar-refractivity contribution in [1.29, 1.82) is 0 Å². The molecule has 0 amide bonds. The number of hydrogen-bond donors (Lipinski definition) is 2. The van der Waals surface area contributed by atoms with E-state index in [-0.39, 0.29) is 11.5 Å². The molecule has 1 atom stereocenters. The molecule has 0 unspecified atom stereocenters. The molecule has 1 aliphatic heterocycles. The van der Waals surface area contributed by atoms with Gasteiger partial charge in [-0.1, -0.05) is 29.4 Å². The van der Waals surface area contributed by atoms with Crippen LogP contribution >= 0.6 is 23.4 Å². The number of nitrogens with two attached hydrogens (primary N) is 2. The second-order valence-electron chi connectivity index (χ2n) is 7.87. The smallest absolute Gasteiger partial charge is 0.158 e. The van der Waals surface area contributed by atoms with Gasteiger partial charge in [0.2, 0.25) is 0 Å². The Morgan fingerprint density at radius 1 is 1.13 bits per heavy atom. The second kappa shape index (κ2) is 7.68. The minimum atomic E-state index is 0.0440. The maximum Gasteiger partial charge on any atom is 0.158 e. The van der Waals surface area contributed by atoms with Crippen LogP contribution in [-0.4, -0.2) is 33.0 Å². The number of nitrogen functional groups attached to an aromatic ring is 1. The average molecular weight is 440 g/mol. The molecule has 1 saturated heterocycles. The third kappa shape index (κ3) is 3.38. The van der Waals surface area contributed by atoms with Gasteiger partial charge < -0.3 is 16.4 Å². The summed E-state index contributed by atoms with van der Waals surface area (Å²) in [6.45, 7) is 1.74. The summed E-state index contributed by atoms with van der Waals surface area (Å²) in [4.78, 5) is 20.8. The van der Waals surface area contributed by atoms with E-state index >= 15 is 0 Å². The molecule has 1 spiro atoms. The molecule has 1 aliphatic carbocycles. The van der Waals surface area contributed by atoms with Crippen LogP contribution in [0.15, 0.2) is 52.9 Å². The van der Waals surface area contributed by atoms with E-state index in [0.717, 1.165) is 48.8 Å². The van der Waals surface area contributed by atoms with E-state index in [9.17, 15) is 0 Å². The van der Waals surface area contributed by atoms with Crippen molar-refractivity contribution in [3.8, 4) is 0 Å². The molecule has 4 N–H and O–H groups in total. The standard InChI is InChI=1S/C21H22ClN7S/c22-14-3-7-25-11-16(14)30-20-19(24)28-17(12-27-20)29-8-4-21(5-9-29)10-15-13(18(21)23)2-1-6-26-15/h1-3,6-7,11-12,18H,4-5,8-10,23H2,(H2,24,28)/t18-/m1/s1. The molecule has 1 fully saturated rings. The summed E-state index contributed by atoms with van der Waals surface area (Å²) >= 11 is 7.58. The van der Waals surface area contributed by atoms with Gasteiger partial charge in [-0.15, -0.1) is 0 Å². The van der Waals surface area contributed by atoms with E-state index in [1.807, 2.05) is 12.3 Å². The predicted molar refractivity (Wildman–Crippen MR) is 119 cm³/mol. The van der Waals surface area contributed by atoms with Crippen molar-refractivity contribution in [2.45, 2.75) is 35.2 Å². The first kappa shape index (κ1) is 19.5. The molecule has 9 heteroatoms.